The van der Waals surface area contributed by atoms with Crippen molar-refractivity contribution in [2.75, 3.05) is 52.0 Å². The standard InChI is InChI=1S/C52H60ClN5O10S/c1-33-48(69-32-56-33)38-7-5-34(6-8-38)28-55-50(64)44-27-41(61)29-58(44)51(65)49(52(2,3)4)57-46(63)31-67-26-25-66-30-45(62)54-23-24-68-42-19-13-37(14-20-42)47(36-11-17-40(60)18-12-36)43(21-22-53)35-9-15-39(59)16-10-35/h5-20,32,41,44,49,59-61H,21-31H2,1-4H3,(H,54,62)(H,55,64)(H,57,63)/t41-,44+,49-/m1/s1. The summed E-state index contributed by atoms with van der Waals surface area (Å²) in [6.45, 7) is 7.39. The lowest BCUT2D eigenvalue weighted by Gasteiger charge is -2.35. The molecule has 1 aromatic heterocycles. The van der Waals surface area contributed by atoms with Gasteiger partial charge in [0, 0.05) is 25.4 Å². The van der Waals surface area contributed by atoms with Crippen LogP contribution in [0.4, 0.5) is 0 Å². The minimum atomic E-state index is -1.02. The Bertz CT molecular complexity index is 2530. The van der Waals surface area contributed by atoms with E-state index in [1.165, 1.54) is 4.90 Å². The van der Waals surface area contributed by atoms with Gasteiger partial charge in [-0.2, -0.15) is 0 Å². The van der Waals surface area contributed by atoms with Crippen molar-refractivity contribution in [1.29, 1.82) is 0 Å². The second-order valence-electron chi connectivity index (χ2n) is 17.7. The molecule has 0 aliphatic carbocycles. The number of hydrogen-bond donors (Lipinski definition) is 6. The molecule has 366 valence electrons. The van der Waals surface area contributed by atoms with Gasteiger partial charge < -0.3 is 50.4 Å². The Morgan fingerprint density at radius 3 is 1.99 bits per heavy atom. The molecule has 0 spiro atoms. The van der Waals surface area contributed by atoms with Gasteiger partial charge in [-0.15, -0.1) is 22.9 Å². The third kappa shape index (κ3) is 14.8. The van der Waals surface area contributed by atoms with Gasteiger partial charge in [-0.05, 0) is 94.1 Å². The number of aliphatic hydroxyl groups is 1. The first-order valence-electron chi connectivity index (χ1n) is 22.7. The smallest absolute Gasteiger partial charge is 0.246 e. The fraction of sp³-hybridized carbons (Fsp3) is 0.365. The Balaban J connectivity index is 0.899. The quantitative estimate of drug-likeness (QED) is 0.0252. The second-order valence-corrected chi connectivity index (χ2v) is 18.9. The summed E-state index contributed by atoms with van der Waals surface area (Å²) >= 11 is 7.82. The molecule has 5 aromatic rings. The van der Waals surface area contributed by atoms with E-state index in [9.17, 15) is 34.5 Å². The number of rotatable bonds is 22. The largest absolute Gasteiger partial charge is 0.508 e. The molecular weight excluding hydrogens is 922 g/mol. The summed E-state index contributed by atoms with van der Waals surface area (Å²) in [6, 6.07) is 27.3. The number of carbonyl (C=O) groups excluding carboxylic acids is 4. The summed E-state index contributed by atoms with van der Waals surface area (Å²) in [6.07, 6.45) is -0.273. The van der Waals surface area contributed by atoms with Gasteiger partial charge in [-0.25, -0.2) is 4.98 Å². The molecule has 1 aliphatic heterocycles. The molecule has 17 heteroatoms. The zero-order valence-corrected chi connectivity index (χ0v) is 40.8. The van der Waals surface area contributed by atoms with Crippen LogP contribution >= 0.6 is 22.9 Å². The highest BCUT2D eigenvalue weighted by Crippen LogP contribution is 2.37. The number of aliphatic hydroxyl groups excluding tert-OH is 1. The summed E-state index contributed by atoms with van der Waals surface area (Å²) < 4.78 is 16.8. The molecule has 1 saturated heterocycles. The Morgan fingerprint density at radius 2 is 1.41 bits per heavy atom. The van der Waals surface area contributed by atoms with Gasteiger partial charge in [0.15, 0.2) is 0 Å². The number of alkyl halides is 1. The monoisotopic (exact) mass is 981 g/mol. The molecular formula is C52H60ClN5O10S. The molecule has 1 aliphatic rings. The van der Waals surface area contributed by atoms with Crippen LogP contribution < -0.4 is 20.7 Å². The van der Waals surface area contributed by atoms with E-state index in [1.807, 2.05) is 79.7 Å². The van der Waals surface area contributed by atoms with Crippen LogP contribution in [0.1, 0.15) is 61.6 Å². The van der Waals surface area contributed by atoms with Gasteiger partial charge in [0.2, 0.25) is 23.6 Å². The van der Waals surface area contributed by atoms with Gasteiger partial charge in [0.05, 0.1) is 41.9 Å². The van der Waals surface area contributed by atoms with E-state index in [0.717, 1.165) is 49.5 Å². The lowest BCUT2D eigenvalue weighted by atomic mass is 9.85. The lowest BCUT2D eigenvalue weighted by Crippen LogP contribution is -2.58. The number of allylic oxidation sites excluding steroid dienone is 1. The number of aromatic hydroxyl groups is 2. The van der Waals surface area contributed by atoms with Crippen LogP contribution in [-0.2, 0) is 35.2 Å². The molecule has 3 atom stereocenters. The highest BCUT2D eigenvalue weighted by atomic mass is 35.5. The topological polar surface area (TPSA) is 209 Å². The number of likely N-dealkylation sites (tertiary alicyclic amines) is 1. The minimum absolute atomic E-state index is 0.00800. The van der Waals surface area contributed by atoms with E-state index >= 15 is 0 Å². The molecule has 0 saturated carbocycles. The van der Waals surface area contributed by atoms with Crippen LogP contribution in [0.5, 0.6) is 17.2 Å². The van der Waals surface area contributed by atoms with Crippen molar-refractivity contribution in [3.05, 3.63) is 131 Å². The molecule has 4 amide bonds. The van der Waals surface area contributed by atoms with Crippen LogP contribution in [-0.4, -0.2) is 119 Å². The first kappa shape index (κ1) is 52.1. The third-order valence-corrected chi connectivity index (χ3v) is 12.6. The summed E-state index contributed by atoms with van der Waals surface area (Å²) in [5.74, 6) is -0.519. The van der Waals surface area contributed by atoms with Crippen molar-refractivity contribution in [2.24, 2.45) is 5.41 Å². The zero-order valence-electron chi connectivity index (χ0n) is 39.2. The van der Waals surface area contributed by atoms with Crippen molar-refractivity contribution < 1.29 is 48.7 Å². The summed E-state index contributed by atoms with van der Waals surface area (Å²) in [4.78, 5) is 59.5. The Kier molecular flexibility index (Phi) is 18.7. The molecule has 2 heterocycles. The number of aromatic nitrogens is 1. The minimum Gasteiger partial charge on any atom is -0.508 e. The Labute approximate surface area is 411 Å². The van der Waals surface area contributed by atoms with Crippen molar-refractivity contribution in [3.8, 4) is 27.7 Å². The highest BCUT2D eigenvalue weighted by molar-refractivity contribution is 7.13. The number of carbonyl (C=O) groups is 4. The van der Waals surface area contributed by atoms with Crippen molar-refractivity contribution >= 4 is 57.7 Å². The number of amides is 4. The van der Waals surface area contributed by atoms with Gasteiger partial charge in [-0.1, -0.05) is 81.4 Å². The van der Waals surface area contributed by atoms with Gasteiger partial charge >= 0.3 is 0 Å². The zero-order chi connectivity index (χ0) is 49.5. The predicted octanol–water partition coefficient (Wildman–Crippen LogP) is 6.46. The van der Waals surface area contributed by atoms with E-state index in [2.05, 4.69) is 20.9 Å². The van der Waals surface area contributed by atoms with Crippen LogP contribution in [0.25, 0.3) is 21.6 Å². The average Bonchev–Trinajstić information content (AvgIpc) is 3.95. The van der Waals surface area contributed by atoms with E-state index < -0.39 is 41.3 Å². The number of thiazole rings is 1. The lowest BCUT2D eigenvalue weighted by molar-refractivity contribution is -0.144. The van der Waals surface area contributed by atoms with Gasteiger partial charge in [0.25, 0.3) is 0 Å². The van der Waals surface area contributed by atoms with E-state index in [4.69, 9.17) is 25.8 Å². The number of aryl methyl sites for hydroxylation is 1. The van der Waals surface area contributed by atoms with Crippen LogP contribution in [0.15, 0.2) is 103 Å². The molecule has 69 heavy (non-hydrogen) atoms. The average molecular weight is 983 g/mol. The number of β-amino-alcohol motifs (C(OH)–C–C–N with tert-alkyl or cyclic N) is 1. The first-order chi connectivity index (χ1) is 33.1. The first-order valence-corrected chi connectivity index (χ1v) is 24.1. The predicted molar refractivity (Wildman–Crippen MR) is 266 cm³/mol. The molecule has 1 fully saturated rings. The summed E-state index contributed by atoms with van der Waals surface area (Å²) in [5, 5.41) is 38.8. The number of halogens is 1. The number of nitrogens with zero attached hydrogens (tertiary/aromatic N) is 2. The summed E-state index contributed by atoms with van der Waals surface area (Å²) in [7, 11) is 0. The van der Waals surface area contributed by atoms with Crippen molar-refractivity contribution in [3.63, 3.8) is 0 Å². The molecule has 0 bridgehead atoms. The van der Waals surface area contributed by atoms with Crippen molar-refractivity contribution in [2.45, 2.75) is 65.3 Å². The molecule has 0 radical (unpaired) electrons. The number of hydrogen-bond acceptors (Lipinski definition) is 12. The molecule has 4 aromatic carbocycles. The molecule has 6 N–H and O–H groups in total. The SMILES string of the molecule is Cc1ncsc1-c1ccc(CNC(=O)[C@@H]2C[C@@H](O)CN2C(=O)[C@@H](NC(=O)COCCOCC(=O)NCCOc2ccc(C(=C(CCCl)c3ccc(O)cc3)c3ccc(O)cc3)cc2)C(C)(C)C)cc1. The number of benzene rings is 4. The number of phenols is 2. The van der Waals surface area contributed by atoms with E-state index in [0.29, 0.717) is 18.1 Å². The van der Waals surface area contributed by atoms with Gasteiger partial charge in [-0.3, -0.25) is 19.2 Å². The normalized spacial score (nSPS) is 15.5. The maximum atomic E-state index is 14.0. The van der Waals surface area contributed by atoms with E-state index in [1.54, 1.807) is 61.9 Å². The fourth-order valence-corrected chi connectivity index (χ4v) is 8.87. The third-order valence-electron chi connectivity index (χ3n) is 11.4. The summed E-state index contributed by atoms with van der Waals surface area (Å²) in [5.41, 5.74) is 8.50. The Morgan fingerprint density at radius 1 is 0.812 bits per heavy atom. The maximum Gasteiger partial charge on any atom is 0.246 e. The number of ether oxygens (including phenoxy) is 3. The van der Waals surface area contributed by atoms with E-state index in [-0.39, 0.29) is 76.5 Å². The van der Waals surface area contributed by atoms with Crippen molar-refractivity contribution in [1.82, 2.24) is 25.8 Å². The highest BCUT2D eigenvalue weighted by Gasteiger charge is 2.44. The maximum absolute atomic E-state index is 14.0. The molecule has 6 rings (SSSR count). The number of phenolic OH excluding ortho intramolecular Hbond substituents is 2. The van der Waals surface area contributed by atoms with Crippen LogP contribution in [0.2, 0.25) is 0 Å². The van der Waals surface area contributed by atoms with Crippen LogP contribution in [0, 0.1) is 12.3 Å². The molecule has 0 unspecified atom stereocenters. The van der Waals surface area contributed by atoms with Gasteiger partial charge in [0.1, 0.15) is 49.2 Å². The number of nitrogens with one attached hydrogen (secondary N) is 3. The second kappa shape index (κ2) is 24.8. The van der Waals surface area contributed by atoms with Crippen LogP contribution in [0.3, 0.4) is 0 Å². The fourth-order valence-electron chi connectivity index (χ4n) is 7.87. The molecule has 15 nitrogen and oxygen atoms in total. The Hall–Kier alpha value is -6.30.